The van der Waals surface area contributed by atoms with E-state index in [1.54, 1.807) is 0 Å². The molecule has 0 spiro atoms. The predicted molar refractivity (Wildman–Crippen MR) is 102 cm³/mol. The third-order valence-corrected chi connectivity index (χ3v) is 4.75. The number of ether oxygens (including phenoxy) is 1. The minimum Gasteiger partial charge on any atom is -0.494 e. The first-order chi connectivity index (χ1) is 12.2. The number of anilines is 1. The van der Waals surface area contributed by atoms with Crippen LogP contribution in [-0.4, -0.2) is 49.3 Å². The summed E-state index contributed by atoms with van der Waals surface area (Å²) >= 11 is 0. The topological polar surface area (TPSA) is 35.9 Å². The number of β-amino-alcohol motifs (C(OH)–C–C–N with tert-alkyl or cyclic N) is 1. The van der Waals surface area contributed by atoms with E-state index >= 15 is 0 Å². The molecule has 1 N–H and O–H groups in total. The Morgan fingerprint density at radius 1 is 1.04 bits per heavy atom. The molecule has 0 amide bonds. The summed E-state index contributed by atoms with van der Waals surface area (Å²) < 4.78 is 5.46. The molecule has 0 saturated carbocycles. The highest BCUT2D eigenvalue weighted by Crippen LogP contribution is 2.21. The van der Waals surface area contributed by atoms with Crippen molar-refractivity contribution in [1.29, 1.82) is 0 Å². The van der Waals surface area contributed by atoms with Gasteiger partial charge in [-0.25, -0.2) is 0 Å². The Kier molecular flexibility index (Phi) is 5.95. The molecule has 1 fully saturated rings. The third kappa shape index (κ3) is 4.74. The van der Waals surface area contributed by atoms with Gasteiger partial charge in [0.2, 0.25) is 0 Å². The predicted octanol–water partition coefficient (Wildman–Crippen LogP) is 3.25. The van der Waals surface area contributed by atoms with Crippen molar-refractivity contribution in [3.05, 3.63) is 59.7 Å². The zero-order chi connectivity index (χ0) is 17.6. The monoisotopic (exact) mass is 340 g/mol. The second-order valence-electron chi connectivity index (χ2n) is 6.64. The molecule has 0 unspecified atom stereocenters. The second-order valence-corrected chi connectivity index (χ2v) is 6.64. The number of hydrogen-bond donors (Lipinski definition) is 1. The van der Waals surface area contributed by atoms with E-state index in [4.69, 9.17) is 4.74 Å². The molecule has 0 aliphatic carbocycles. The Hall–Kier alpha value is -2.04. The normalized spacial score (nSPS) is 16.7. The first-order valence-corrected chi connectivity index (χ1v) is 9.10. The van der Waals surface area contributed by atoms with Crippen molar-refractivity contribution in [1.82, 2.24) is 4.90 Å². The van der Waals surface area contributed by atoms with Gasteiger partial charge in [0.05, 0.1) is 12.7 Å². The van der Waals surface area contributed by atoms with Crippen LogP contribution in [0.3, 0.4) is 0 Å². The van der Waals surface area contributed by atoms with Crippen LogP contribution in [0.1, 0.15) is 24.2 Å². The Morgan fingerprint density at radius 3 is 2.40 bits per heavy atom. The van der Waals surface area contributed by atoms with Gasteiger partial charge < -0.3 is 14.7 Å². The summed E-state index contributed by atoms with van der Waals surface area (Å²) in [6.45, 7) is 9.39. The molecular weight excluding hydrogens is 312 g/mol. The number of aliphatic hydroxyl groups is 1. The van der Waals surface area contributed by atoms with Crippen LogP contribution < -0.4 is 9.64 Å². The number of benzene rings is 2. The van der Waals surface area contributed by atoms with Gasteiger partial charge in [-0.05, 0) is 49.2 Å². The molecule has 0 aromatic heterocycles. The lowest BCUT2D eigenvalue weighted by atomic mass is 10.1. The van der Waals surface area contributed by atoms with Gasteiger partial charge in [-0.15, -0.1) is 0 Å². The Balaban J connectivity index is 1.51. The smallest absolute Gasteiger partial charge is 0.119 e. The number of aliphatic hydroxyl groups excluding tert-OH is 1. The molecule has 1 saturated heterocycles. The molecule has 2 aromatic carbocycles. The van der Waals surface area contributed by atoms with Crippen molar-refractivity contribution in [3.63, 3.8) is 0 Å². The van der Waals surface area contributed by atoms with Gasteiger partial charge in [0.25, 0.3) is 0 Å². The molecular formula is C21H28N2O2. The quantitative estimate of drug-likeness (QED) is 0.876. The molecule has 1 aliphatic rings. The van der Waals surface area contributed by atoms with Crippen molar-refractivity contribution in [2.45, 2.75) is 20.0 Å². The van der Waals surface area contributed by atoms with Gasteiger partial charge in [0.1, 0.15) is 5.75 Å². The van der Waals surface area contributed by atoms with Crippen molar-refractivity contribution in [3.8, 4) is 5.75 Å². The molecule has 25 heavy (non-hydrogen) atoms. The molecule has 0 bridgehead atoms. The number of hydrogen-bond acceptors (Lipinski definition) is 4. The minimum atomic E-state index is -0.457. The molecule has 134 valence electrons. The van der Waals surface area contributed by atoms with Crippen LogP contribution in [0.25, 0.3) is 0 Å². The Labute approximate surface area is 150 Å². The van der Waals surface area contributed by atoms with Crippen LogP contribution in [0.4, 0.5) is 5.69 Å². The van der Waals surface area contributed by atoms with Crippen molar-refractivity contribution in [2.24, 2.45) is 0 Å². The van der Waals surface area contributed by atoms with Crippen molar-refractivity contribution >= 4 is 5.69 Å². The standard InChI is InChI=1S/C21H28N2O2/c1-3-25-20-9-7-18(8-10-20)21(24)16-22-11-13-23(14-12-22)19-6-4-5-17(2)15-19/h4-10,15,21,24H,3,11-14,16H2,1-2H3/t21-/m0/s1. The van der Waals surface area contributed by atoms with Gasteiger partial charge in [-0.3, -0.25) is 4.90 Å². The van der Waals surface area contributed by atoms with Gasteiger partial charge in [-0.1, -0.05) is 24.3 Å². The second kappa shape index (κ2) is 8.37. The fraction of sp³-hybridized carbons (Fsp3) is 0.429. The van der Waals surface area contributed by atoms with Crippen molar-refractivity contribution in [2.75, 3.05) is 44.2 Å². The highest BCUT2D eigenvalue weighted by molar-refractivity contribution is 5.48. The van der Waals surface area contributed by atoms with E-state index in [2.05, 4.69) is 41.0 Å². The minimum absolute atomic E-state index is 0.457. The lowest BCUT2D eigenvalue weighted by Crippen LogP contribution is -2.47. The fourth-order valence-corrected chi connectivity index (χ4v) is 3.32. The van der Waals surface area contributed by atoms with E-state index in [0.29, 0.717) is 13.2 Å². The summed E-state index contributed by atoms with van der Waals surface area (Å²) in [6, 6.07) is 16.4. The number of nitrogens with zero attached hydrogens (tertiary/aromatic N) is 2. The number of aryl methyl sites for hydroxylation is 1. The fourth-order valence-electron chi connectivity index (χ4n) is 3.32. The lowest BCUT2D eigenvalue weighted by Gasteiger charge is -2.37. The summed E-state index contributed by atoms with van der Waals surface area (Å²) in [4.78, 5) is 4.76. The van der Waals surface area contributed by atoms with E-state index < -0.39 is 6.10 Å². The maximum absolute atomic E-state index is 10.5. The first-order valence-electron chi connectivity index (χ1n) is 9.10. The van der Waals surface area contributed by atoms with E-state index in [-0.39, 0.29) is 0 Å². The van der Waals surface area contributed by atoms with Crippen LogP contribution in [0.15, 0.2) is 48.5 Å². The molecule has 4 nitrogen and oxygen atoms in total. The van der Waals surface area contributed by atoms with Crippen LogP contribution in [0.2, 0.25) is 0 Å². The summed E-state index contributed by atoms with van der Waals surface area (Å²) in [6.07, 6.45) is -0.457. The zero-order valence-corrected chi connectivity index (χ0v) is 15.2. The van der Waals surface area contributed by atoms with E-state index in [1.165, 1.54) is 11.3 Å². The average molecular weight is 340 g/mol. The summed E-state index contributed by atoms with van der Waals surface area (Å²) in [5.74, 6) is 0.852. The largest absolute Gasteiger partial charge is 0.494 e. The summed E-state index contributed by atoms with van der Waals surface area (Å²) in [5, 5.41) is 10.5. The third-order valence-electron chi connectivity index (χ3n) is 4.75. The number of piperazine rings is 1. The van der Waals surface area contributed by atoms with E-state index in [1.807, 2.05) is 31.2 Å². The van der Waals surface area contributed by atoms with Crippen LogP contribution in [0, 0.1) is 6.92 Å². The maximum Gasteiger partial charge on any atom is 0.119 e. The van der Waals surface area contributed by atoms with E-state index in [9.17, 15) is 5.11 Å². The molecule has 1 atom stereocenters. The highest BCUT2D eigenvalue weighted by Gasteiger charge is 2.20. The Bertz CT molecular complexity index is 664. The first kappa shape index (κ1) is 17.8. The molecule has 2 aromatic rings. The Morgan fingerprint density at radius 2 is 1.76 bits per heavy atom. The summed E-state index contributed by atoms with van der Waals surface area (Å²) in [7, 11) is 0. The molecule has 4 heteroatoms. The molecule has 3 rings (SSSR count). The molecule has 1 aliphatic heterocycles. The SMILES string of the molecule is CCOc1ccc([C@@H](O)CN2CCN(c3cccc(C)c3)CC2)cc1. The van der Waals surface area contributed by atoms with Gasteiger partial charge in [-0.2, -0.15) is 0 Å². The number of rotatable bonds is 6. The van der Waals surface area contributed by atoms with Crippen molar-refractivity contribution < 1.29 is 9.84 Å². The zero-order valence-electron chi connectivity index (χ0n) is 15.2. The molecule has 0 radical (unpaired) electrons. The average Bonchev–Trinajstić information content (AvgIpc) is 2.63. The van der Waals surface area contributed by atoms with Crippen LogP contribution in [0.5, 0.6) is 5.75 Å². The van der Waals surface area contributed by atoms with Gasteiger partial charge in [0.15, 0.2) is 0 Å². The van der Waals surface area contributed by atoms with Gasteiger partial charge >= 0.3 is 0 Å². The van der Waals surface area contributed by atoms with E-state index in [0.717, 1.165) is 37.5 Å². The lowest BCUT2D eigenvalue weighted by molar-refractivity contribution is 0.109. The van der Waals surface area contributed by atoms with Crippen LogP contribution >= 0.6 is 0 Å². The summed E-state index contributed by atoms with van der Waals surface area (Å²) in [5.41, 5.74) is 3.54. The van der Waals surface area contributed by atoms with Gasteiger partial charge in [0, 0.05) is 38.4 Å². The molecule has 1 heterocycles. The highest BCUT2D eigenvalue weighted by atomic mass is 16.5. The van der Waals surface area contributed by atoms with Crippen LogP contribution in [-0.2, 0) is 0 Å². The maximum atomic E-state index is 10.5.